The zero-order valence-electron chi connectivity index (χ0n) is 14.7. The molecule has 1 amide bonds. The van der Waals surface area contributed by atoms with Crippen molar-refractivity contribution in [3.05, 3.63) is 71.1 Å². The molecule has 0 radical (unpaired) electrons. The lowest BCUT2D eigenvalue weighted by molar-refractivity contribution is -0.117. The third-order valence-electron chi connectivity index (χ3n) is 4.15. The summed E-state index contributed by atoms with van der Waals surface area (Å²) in [5.74, 6) is -0.417. The second kappa shape index (κ2) is 8.06. The molecular weight excluding hydrogens is 344 g/mol. The summed E-state index contributed by atoms with van der Waals surface area (Å²) in [6.45, 7) is 3.50. The predicted octanol–water partition coefficient (Wildman–Crippen LogP) is 5.15. The molecule has 3 aromatic rings. The van der Waals surface area contributed by atoms with Gasteiger partial charge in [-0.25, -0.2) is 4.98 Å². The second-order valence-electron chi connectivity index (χ2n) is 5.98. The Kier molecular flexibility index (Phi) is 5.58. The van der Waals surface area contributed by atoms with Crippen LogP contribution in [0.1, 0.15) is 41.4 Å². The summed E-state index contributed by atoms with van der Waals surface area (Å²) in [5.41, 5.74) is 2.45. The number of amides is 1. The van der Waals surface area contributed by atoms with E-state index in [2.05, 4.69) is 10.3 Å². The molecule has 1 N–H and O–H groups in total. The largest absolute Gasteiger partial charge is 0.301 e. The molecule has 3 rings (SSSR count). The number of carbonyl (C=O) groups excluding carboxylic acids is 2. The molecule has 1 heterocycles. The number of hydrogen-bond donors (Lipinski definition) is 1. The van der Waals surface area contributed by atoms with Crippen LogP contribution in [0.3, 0.4) is 0 Å². The number of aromatic nitrogens is 1. The topological polar surface area (TPSA) is 59.1 Å². The molecule has 5 heteroatoms. The average Bonchev–Trinajstić information content (AvgIpc) is 3.08. The lowest BCUT2D eigenvalue weighted by atomic mass is 9.96. The Hall–Kier alpha value is -2.79. The minimum atomic E-state index is -0.249. The molecule has 0 aliphatic rings. The highest BCUT2D eigenvalue weighted by Crippen LogP contribution is 2.32. The number of nitrogens with zero attached hydrogens (tertiary/aromatic N) is 1. The van der Waals surface area contributed by atoms with Crippen molar-refractivity contribution in [3.8, 4) is 11.3 Å². The fraction of sp³-hybridized carbons (Fsp3) is 0.190. The van der Waals surface area contributed by atoms with Gasteiger partial charge >= 0.3 is 0 Å². The summed E-state index contributed by atoms with van der Waals surface area (Å²) in [4.78, 5) is 29.8. The summed E-state index contributed by atoms with van der Waals surface area (Å²) in [7, 11) is 0. The lowest BCUT2D eigenvalue weighted by Crippen LogP contribution is -2.20. The maximum absolute atomic E-state index is 12.7. The van der Waals surface area contributed by atoms with Crippen molar-refractivity contribution in [1.29, 1.82) is 0 Å². The highest BCUT2D eigenvalue weighted by atomic mass is 32.1. The van der Waals surface area contributed by atoms with Crippen molar-refractivity contribution < 1.29 is 9.59 Å². The fourth-order valence-corrected chi connectivity index (χ4v) is 3.74. The van der Waals surface area contributed by atoms with Gasteiger partial charge in [0.1, 0.15) is 0 Å². The average molecular weight is 364 g/mol. The van der Waals surface area contributed by atoms with Gasteiger partial charge in [-0.3, -0.25) is 9.59 Å². The number of anilines is 1. The van der Waals surface area contributed by atoms with Gasteiger partial charge in [-0.05, 0) is 12.0 Å². The van der Waals surface area contributed by atoms with E-state index >= 15 is 0 Å². The SMILES string of the molecule is CCC(C(=O)Nc1nc(-c2ccccc2)c(C(C)=O)s1)c1ccccc1. The predicted molar refractivity (Wildman–Crippen MR) is 106 cm³/mol. The Morgan fingerprint density at radius 1 is 1.04 bits per heavy atom. The van der Waals surface area contributed by atoms with Crippen molar-refractivity contribution in [2.75, 3.05) is 5.32 Å². The Morgan fingerprint density at radius 2 is 1.65 bits per heavy atom. The van der Waals surface area contributed by atoms with Crippen LogP contribution in [0, 0.1) is 0 Å². The molecule has 0 fully saturated rings. The normalized spacial score (nSPS) is 11.8. The van der Waals surface area contributed by atoms with E-state index < -0.39 is 0 Å². The van der Waals surface area contributed by atoms with Crippen LogP contribution in [0.15, 0.2) is 60.7 Å². The van der Waals surface area contributed by atoms with Gasteiger partial charge in [-0.15, -0.1) is 0 Å². The first-order valence-electron chi connectivity index (χ1n) is 8.53. The summed E-state index contributed by atoms with van der Waals surface area (Å²) >= 11 is 1.22. The standard InChI is InChI=1S/C21H20N2O2S/c1-3-17(15-10-6-4-7-11-15)20(25)23-21-22-18(19(26-21)14(2)24)16-12-8-5-9-13-16/h4-13,17H,3H2,1-2H3,(H,22,23,25). The summed E-state index contributed by atoms with van der Waals surface area (Å²) in [6.07, 6.45) is 0.687. The Bertz CT molecular complexity index is 904. The maximum Gasteiger partial charge on any atom is 0.233 e. The zero-order valence-corrected chi connectivity index (χ0v) is 15.5. The van der Waals surface area contributed by atoms with E-state index in [-0.39, 0.29) is 17.6 Å². The molecule has 1 aromatic heterocycles. The van der Waals surface area contributed by atoms with E-state index in [0.29, 0.717) is 22.1 Å². The van der Waals surface area contributed by atoms with Crippen molar-refractivity contribution >= 4 is 28.2 Å². The zero-order chi connectivity index (χ0) is 18.5. The Labute approximate surface area is 156 Å². The molecule has 2 aromatic carbocycles. The number of nitrogens with one attached hydrogen (secondary N) is 1. The van der Waals surface area contributed by atoms with Gasteiger partial charge in [0.15, 0.2) is 10.9 Å². The van der Waals surface area contributed by atoms with Crippen molar-refractivity contribution in [3.63, 3.8) is 0 Å². The van der Waals surface area contributed by atoms with E-state index in [9.17, 15) is 9.59 Å². The highest BCUT2D eigenvalue weighted by Gasteiger charge is 2.22. The quantitative estimate of drug-likeness (QED) is 0.616. The molecular formula is C21H20N2O2S. The first-order valence-corrected chi connectivity index (χ1v) is 9.34. The third kappa shape index (κ3) is 3.89. The number of benzene rings is 2. The Balaban J connectivity index is 1.88. The molecule has 0 saturated heterocycles. The maximum atomic E-state index is 12.7. The molecule has 0 aliphatic heterocycles. The van der Waals surface area contributed by atoms with Gasteiger partial charge in [0.05, 0.1) is 16.5 Å². The van der Waals surface area contributed by atoms with Gasteiger partial charge in [0.2, 0.25) is 5.91 Å². The molecule has 1 atom stereocenters. The third-order valence-corrected chi connectivity index (χ3v) is 5.22. The van der Waals surface area contributed by atoms with Gasteiger partial charge in [-0.2, -0.15) is 0 Å². The molecule has 0 aliphatic carbocycles. The van der Waals surface area contributed by atoms with Crippen LogP contribution in [0.4, 0.5) is 5.13 Å². The summed E-state index contributed by atoms with van der Waals surface area (Å²) < 4.78 is 0. The van der Waals surface area contributed by atoms with Crippen molar-refractivity contribution in [2.45, 2.75) is 26.2 Å². The van der Waals surface area contributed by atoms with E-state index in [0.717, 1.165) is 11.1 Å². The molecule has 4 nitrogen and oxygen atoms in total. The number of hydrogen-bond acceptors (Lipinski definition) is 4. The molecule has 0 bridgehead atoms. The first kappa shape index (κ1) is 18.0. The molecule has 0 spiro atoms. The van der Waals surface area contributed by atoms with E-state index in [1.165, 1.54) is 18.3 Å². The molecule has 26 heavy (non-hydrogen) atoms. The van der Waals surface area contributed by atoms with Gasteiger partial charge in [0.25, 0.3) is 0 Å². The number of ketones is 1. The number of rotatable bonds is 6. The van der Waals surface area contributed by atoms with Crippen molar-refractivity contribution in [1.82, 2.24) is 4.98 Å². The van der Waals surface area contributed by atoms with Crippen LogP contribution >= 0.6 is 11.3 Å². The van der Waals surface area contributed by atoms with Crippen LogP contribution in [0.25, 0.3) is 11.3 Å². The summed E-state index contributed by atoms with van der Waals surface area (Å²) in [6, 6.07) is 19.2. The van der Waals surface area contributed by atoms with Crippen LogP contribution < -0.4 is 5.32 Å². The number of Topliss-reactive ketones (excluding diaryl/α,β-unsaturated/α-hetero) is 1. The van der Waals surface area contributed by atoms with E-state index in [4.69, 9.17) is 0 Å². The van der Waals surface area contributed by atoms with Crippen LogP contribution in [0.5, 0.6) is 0 Å². The minimum absolute atomic E-state index is 0.0584. The van der Waals surface area contributed by atoms with Crippen LogP contribution in [0.2, 0.25) is 0 Å². The lowest BCUT2D eigenvalue weighted by Gasteiger charge is -2.14. The number of thiazole rings is 1. The van der Waals surface area contributed by atoms with Gasteiger partial charge in [0, 0.05) is 12.5 Å². The smallest absolute Gasteiger partial charge is 0.233 e. The molecule has 0 saturated carbocycles. The van der Waals surface area contributed by atoms with E-state index in [1.807, 2.05) is 67.6 Å². The monoisotopic (exact) mass is 364 g/mol. The summed E-state index contributed by atoms with van der Waals surface area (Å²) in [5, 5.41) is 3.35. The second-order valence-corrected chi connectivity index (χ2v) is 6.98. The van der Waals surface area contributed by atoms with Gasteiger partial charge < -0.3 is 5.32 Å². The highest BCUT2D eigenvalue weighted by molar-refractivity contribution is 7.18. The van der Waals surface area contributed by atoms with Crippen LogP contribution in [-0.4, -0.2) is 16.7 Å². The van der Waals surface area contributed by atoms with E-state index in [1.54, 1.807) is 0 Å². The molecule has 1 unspecified atom stereocenters. The first-order chi connectivity index (χ1) is 12.6. The van der Waals surface area contributed by atoms with Crippen LogP contribution in [-0.2, 0) is 4.79 Å². The molecule has 132 valence electrons. The van der Waals surface area contributed by atoms with Gasteiger partial charge in [-0.1, -0.05) is 78.9 Å². The van der Waals surface area contributed by atoms with Crippen molar-refractivity contribution in [2.24, 2.45) is 0 Å². The minimum Gasteiger partial charge on any atom is -0.301 e. The number of carbonyl (C=O) groups is 2. The fourth-order valence-electron chi connectivity index (χ4n) is 2.85. The Morgan fingerprint density at radius 3 is 2.23 bits per heavy atom.